The van der Waals surface area contributed by atoms with Gasteiger partial charge in [0.25, 0.3) is 0 Å². The third-order valence-electron chi connectivity index (χ3n) is 5.97. The number of fused-ring (bicyclic) bond motifs is 5. The summed E-state index contributed by atoms with van der Waals surface area (Å²) in [5.74, 6) is 0. The van der Waals surface area contributed by atoms with Crippen LogP contribution in [0.2, 0.25) is 0 Å². The summed E-state index contributed by atoms with van der Waals surface area (Å²) in [6.45, 7) is 8.41. The lowest BCUT2D eigenvalue weighted by molar-refractivity contribution is 0.0561. The van der Waals surface area contributed by atoms with Crippen molar-refractivity contribution in [2.75, 3.05) is 6.54 Å². The quantitative estimate of drug-likeness (QED) is 0.760. The Morgan fingerprint density at radius 3 is 2.95 bits per heavy atom. The van der Waals surface area contributed by atoms with Crippen molar-refractivity contribution in [2.24, 2.45) is 5.41 Å². The summed E-state index contributed by atoms with van der Waals surface area (Å²) in [6, 6.07) is 5.22. The zero-order valence-electron chi connectivity index (χ0n) is 11.9. The molecule has 4 rings (SSSR count). The topological polar surface area (TPSA) is 40.7 Å². The molecule has 1 aliphatic heterocycles. The summed E-state index contributed by atoms with van der Waals surface area (Å²) in [5, 5.41) is 3.72. The van der Waals surface area contributed by atoms with Crippen LogP contribution >= 0.6 is 0 Å². The fraction of sp³-hybridized carbons (Fsp3) is 0.562. The lowest BCUT2D eigenvalue weighted by Gasteiger charge is -2.57. The Bertz CT molecular complexity index is 655. The number of hydrogen-bond acceptors (Lipinski definition) is 2. The molecule has 0 radical (unpaired) electrons. The van der Waals surface area contributed by atoms with Crippen molar-refractivity contribution < 1.29 is 0 Å². The summed E-state index contributed by atoms with van der Waals surface area (Å²) >= 11 is 0. The Labute approximate surface area is 113 Å². The van der Waals surface area contributed by atoms with Crippen LogP contribution in [0.4, 0.5) is 0 Å². The molecule has 3 heteroatoms. The van der Waals surface area contributed by atoms with Gasteiger partial charge in [0, 0.05) is 11.5 Å². The van der Waals surface area contributed by atoms with E-state index in [2.05, 4.69) is 48.2 Å². The fourth-order valence-corrected chi connectivity index (χ4v) is 4.20. The molecule has 2 heterocycles. The molecule has 2 N–H and O–H groups in total. The molecule has 0 unspecified atom stereocenters. The number of rotatable bonds is 0. The van der Waals surface area contributed by atoms with Gasteiger partial charge in [-0.25, -0.2) is 4.98 Å². The minimum absolute atomic E-state index is 0.254. The summed E-state index contributed by atoms with van der Waals surface area (Å²) in [4.78, 5) is 7.68. The molecule has 0 spiro atoms. The lowest BCUT2D eigenvalue weighted by atomic mass is 9.51. The standard InChI is InChI=1S/C16H21N3/c1-15(2)14-7-10-6-12-13(19-9-18-12)8-11(10)16(15,3)4-5-17-14/h6,8-9,14,17H,4-5,7H2,1-3H3,(H,18,19)/t14-,16+/m1/s1. The van der Waals surface area contributed by atoms with E-state index in [1.54, 1.807) is 6.33 Å². The molecule has 1 saturated heterocycles. The first kappa shape index (κ1) is 11.5. The predicted octanol–water partition coefficient (Wildman–Crippen LogP) is 2.76. The van der Waals surface area contributed by atoms with Gasteiger partial charge in [-0.1, -0.05) is 20.8 Å². The van der Waals surface area contributed by atoms with Crippen LogP contribution in [0.1, 0.15) is 38.3 Å². The van der Waals surface area contributed by atoms with Crippen LogP contribution in [0.15, 0.2) is 18.5 Å². The van der Waals surface area contributed by atoms with Crippen LogP contribution in [0.5, 0.6) is 0 Å². The van der Waals surface area contributed by atoms with E-state index in [1.165, 1.54) is 23.1 Å². The van der Waals surface area contributed by atoms with E-state index in [1.807, 2.05) is 0 Å². The number of aromatic amines is 1. The van der Waals surface area contributed by atoms with E-state index in [0.717, 1.165) is 18.5 Å². The smallest absolute Gasteiger partial charge is 0.0931 e. The summed E-state index contributed by atoms with van der Waals surface area (Å²) in [5.41, 5.74) is 5.84. The molecule has 19 heavy (non-hydrogen) atoms. The van der Waals surface area contributed by atoms with E-state index in [9.17, 15) is 0 Å². The van der Waals surface area contributed by atoms with Crippen molar-refractivity contribution in [1.82, 2.24) is 15.3 Å². The number of benzene rings is 1. The van der Waals surface area contributed by atoms with Crippen LogP contribution in [0, 0.1) is 5.41 Å². The molecular weight excluding hydrogens is 234 g/mol. The Morgan fingerprint density at radius 2 is 2.11 bits per heavy atom. The van der Waals surface area contributed by atoms with E-state index in [0.29, 0.717) is 11.5 Å². The predicted molar refractivity (Wildman–Crippen MR) is 77.3 cm³/mol. The first-order valence-corrected chi connectivity index (χ1v) is 7.22. The molecule has 3 nitrogen and oxygen atoms in total. The molecule has 2 bridgehead atoms. The third kappa shape index (κ3) is 1.29. The van der Waals surface area contributed by atoms with E-state index in [4.69, 9.17) is 0 Å². The van der Waals surface area contributed by atoms with Gasteiger partial charge in [-0.2, -0.15) is 0 Å². The first-order valence-electron chi connectivity index (χ1n) is 7.22. The van der Waals surface area contributed by atoms with Crippen LogP contribution < -0.4 is 5.32 Å². The highest BCUT2D eigenvalue weighted by Crippen LogP contribution is 2.53. The largest absolute Gasteiger partial charge is 0.345 e. The van der Waals surface area contributed by atoms with Gasteiger partial charge < -0.3 is 10.3 Å². The molecule has 100 valence electrons. The average molecular weight is 255 g/mol. The Kier molecular flexibility index (Phi) is 2.05. The van der Waals surface area contributed by atoms with Crippen molar-refractivity contribution in [1.29, 1.82) is 0 Å². The zero-order chi connectivity index (χ0) is 13.3. The van der Waals surface area contributed by atoms with Crippen molar-refractivity contribution >= 4 is 11.0 Å². The number of nitrogens with zero attached hydrogens (tertiary/aromatic N) is 1. The summed E-state index contributed by atoms with van der Waals surface area (Å²) in [7, 11) is 0. The monoisotopic (exact) mass is 255 g/mol. The van der Waals surface area contributed by atoms with Gasteiger partial charge >= 0.3 is 0 Å². The maximum Gasteiger partial charge on any atom is 0.0931 e. The number of hydrogen-bond donors (Lipinski definition) is 2. The normalized spacial score (nSPS) is 32.3. The number of piperidine rings is 1. The Hall–Kier alpha value is -1.35. The minimum Gasteiger partial charge on any atom is -0.345 e. The number of H-pyrrole nitrogens is 1. The fourth-order valence-electron chi connectivity index (χ4n) is 4.20. The maximum absolute atomic E-state index is 4.44. The molecule has 1 aromatic heterocycles. The molecule has 1 aromatic carbocycles. The SMILES string of the molecule is CC1(C)[C@H]2Cc3cc4[nH]cnc4cc3[C@]1(C)CCN2. The molecule has 2 atom stereocenters. The first-order chi connectivity index (χ1) is 9.02. The highest BCUT2D eigenvalue weighted by Gasteiger charge is 2.53. The Morgan fingerprint density at radius 1 is 1.26 bits per heavy atom. The van der Waals surface area contributed by atoms with Gasteiger partial charge in [-0.05, 0) is 48.1 Å². The van der Waals surface area contributed by atoms with Crippen molar-refractivity contribution in [3.05, 3.63) is 29.6 Å². The Balaban J connectivity index is 2.02. The molecule has 1 fully saturated rings. The molecule has 0 saturated carbocycles. The van der Waals surface area contributed by atoms with Crippen LogP contribution in [0.25, 0.3) is 11.0 Å². The minimum atomic E-state index is 0.254. The van der Waals surface area contributed by atoms with Crippen molar-refractivity contribution in [3.63, 3.8) is 0 Å². The molecule has 2 aliphatic rings. The van der Waals surface area contributed by atoms with Gasteiger partial charge in [-0.15, -0.1) is 0 Å². The molecular formula is C16H21N3. The van der Waals surface area contributed by atoms with Crippen LogP contribution in [0.3, 0.4) is 0 Å². The van der Waals surface area contributed by atoms with E-state index in [-0.39, 0.29) is 5.41 Å². The molecule has 1 aliphatic carbocycles. The van der Waals surface area contributed by atoms with E-state index < -0.39 is 0 Å². The average Bonchev–Trinajstić information content (AvgIpc) is 2.79. The molecule has 2 aromatic rings. The van der Waals surface area contributed by atoms with Gasteiger partial charge in [0.1, 0.15) is 0 Å². The van der Waals surface area contributed by atoms with Gasteiger partial charge in [0.2, 0.25) is 0 Å². The zero-order valence-corrected chi connectivity index (χ0v) is 11.9. The van der Waals surface area contributed by atoms with Crippen LogP contribution in [-0.2, 0) is 11.8 Å². The van der Waals surface area contributed by atoms with Gasteiger partial charge in [0.15, 0.2) is 0 Å². The number of nitrogens with one attached hydrogen (secondary N) is 2. The number of imidazole rings is 1. The highest BCUT2D eigenvalue weighted by molar-refractivity contribution is 5.77. The second-order valence-corrected chi connectivity index (χ2v) is 6.94. The van der Waals surface area contributed by atoms with Crippen molar-refractivity contribution in [3.8, 4) is 0 Å². The number of aromatic nitrogens is 2. The summed E-state index contributed by atoms with van der Waals surface area (Å²) < 4.78 is 0. The van der Waals surface area contributed by atoms with E-state index >= 15 is 0 Å². The van der Waals surface area contributed by atoms with Gasteiger partial charge in [-0.3, -0.25) is 0 Å². The lowest BCUT2D eigenvalue weighted by Crippen LogP contribution is -2.62. The third-order valence-corrected chi connectivity index (χ3v) is 5.97. The summed E-state index contributed by atoms with van der Waals surface area (Å²) in [6.07, 6.45) is 4.14. The second kappa shape index (κ2) is 3.40. The van der Waals surface area contributed by atoms with Crippen LogP contribution in [-0.4, -0.2) is 22.6 Å². The highest BCUT2D eigenvalue weighted by atomic mass is 15.0. The van der Waals surface area contributed by atoms with Gasteiger partial charge in [0.05, 0.1) is 17.4 Å². The molecule has 0 amide bonds. The maximum atomic E-state index is 4.44. The second-order valence-electron chi connectivity index (χ2n) is 6.94. The van der Waals surface area contributed by atoms with Crippen molar-refractivity contribution in [2.45, 2.75) is 45.1 Å².